The highest BCUT2D eigenvalue weighted by Gasteiger charge is 2.12. The fourth-order valence-corrected chi connectivity index (χ4v) is 5.62. The number of carbonyl (C=O) groups is 2. The van der Waals surface area contributed by atoms with Crippen LogP contribution in [-0.4, -0.2) is 36.4 Å². The lowest BCUT2D eigenvalue weighted by Crippen LogP contribution is -2.25. The number of ether oxygens (including phenoxy) is 2. The van der Waals surface area contributed by atoms with Gasteiger partial charge in [0.25, 0.3) is 0 Å². The second kappa shape index (κ2) is 33.8. The molecule has 43 heavy (non-hydrogen) atoms. The average molecular weight is 611 g/mol. The molecule has 0 saturated heterocycles. The summed E-state index contributed by atoms with van der Waals surface area (Å²) in [5.41, 5.74) is 0. The Kier molecular flexibility index (Phi) is 32.9. The van der Waals surface area contributed by atoms with Crippen molar-refractivity contribution in [1.82, 2.24) is 0 Å². The molecule has 0 aliphatic carbocycles. The van der Waals surface area contributed by atoms with Crippen LogP contribution in [0.15, 0.2) is 0 Å². The predicted octanol–water partition coefficient (Wildman–Crippen LogP) is 11.4. The summed E-state index contributed by atoms with van der Waals surface area (Å²) in [6, 6.07) is 0. The standard InChI is InChI=1S/C38H74O5/c1-4-5-6-7-8-9-10-11-12-13-16-19-22-25-28-31-37(40)42-33-36(39)34-43-38(41)32-29-26-23-20-17-14-15-18-21-24-27-30-35(2)3/h35-36,39H,4-34H2,1-3H3/t36-/m0/s1. The fraction of sp³-hybridized carbons (Fsp3) is 0.947. The van der Waals surface area contributed by atoms with Crippen molar-refractivity contribution in [2.24, 2.45) is 5.92 Å². The highest BCUT2D eigenvalue weighted by atomic mass is 16.6. The summed E-state index contributed by atoms with van der Waals surface area (Å²) in [4.78, 5) is 23.9. The van der Waals surface area contributed by atoms with E-state index in [-0.39, 0.29) is 25.2 Å². The first-order chi connectivity index (χ1) is 21.0. The van der Waals surface area contributed by atoms with Crippen molar-refractivity contribution in [1.29, 1.82) is 0 Å². The number of rotatable bonds is 34. The predicted molar refractivity (Wildman–Crippen MR) is 182 cm³/mol. The highest BCUT2D eigenvalue weighted by molar-refractivity contribution is 5.69. The van der Waals surface area contributed by atoms with Crippen molar-refractivity contribution in [2.45, 2.75) is 213 Å². The Morgan fingerprint density at radius 1 is 0.465 bits per heavy atom. The lowest BCUT2D eigenvalue weighted by Gasteiger charge is -2.12. The van der Waals surface area contributed by atoms with E-state index in [4.69, 9.17) is 9.47 Å². The molecule has 0 aliphatic heterocycles. The molecule has 0 fully saturated rings. The smallest absolute Gasteiger partial charge is 0.305 e. The van der Waals surface area contributed by atoms with Gasteiger partial charge in [-0.3, -0.25) is 9.59 Å². The minimum Gasteiger partial charge on any atom is -0.463 e. The van der Waals surface area contributed by atoms with Gasteiger partial charge in [-0.15, -0.1) is 0 Å². The van der Waals surface area contributed by atoms with Crippen LogP contribution in [0.3, 0.4) is 0 Å². The van der Waals surface area contributed by atoms with Crippen LogP contribution in [-0.2, 0) is 19.1 Å². The Labute approximate surface area is 268 Å². The van der Waals surface area contributed by atoms with Crippen LogP contribution in [0.25, 0.3) is 0 Å². The van der Waals surface area contributed by atoms with E-state index in [2.05, 4.69) is 20.8 Å². The van der Waals surface area contributed by atoms with E-state index < -0.39 is 6.10 Å². The lowest BCUT2D eigenvalue weighted by molar-refractivity contribution is -0.152. The van der Waals surface area contributed by atoms with E-state index in [0.29, 0.717) is 12.8 Å². The molecule has 0 saturated carbocycles. The Hall–Kier alpha value is -1.10. The summed E-state index contributed by atoms with van der Waals surface area (Å²) >= 11 is 0. The number of hydrogen-bond donors (Lipinski definition) is 1. The van der Waals surface area contributed by atoms with Crippen LogP contribution in [0.1, 0.15) is 207 Å². The Morgan fingerprint density at radius 2 is 0.744 bits per heavy atom. The van der Waals surface area contributed by atoms with Crippen molar-refractivity contribution in [3.05, 3.63) is 0 Å². The van der Waals surface area contributed by atoms with E-state index in [1.54, 1.807) is 0 Å². The number of unbranched alkanes of at least 4 members (excludes halogenated alkanes) is 24. The van der Waals surface area contributed by atoms with Gasteiger partial charge < -0.3 is 14.6 Å². The number of hydrogen-bond acceptors (Lipinski definition) is 5. The zero-order chi connectivity index (χ0) is 31.6. The quantitative estimate of drug-likeness (QED) is 0.0579. The Bertz CT molecular complexity index is 591. The van der Waals surface area contributed by atoms with Gasteiger partial charge in [-0.05, 0) is 18.8 Å². The number of carbonyl (C=O) groups excluding carboxylic acids is 2. The lowest BCUT2D eigenvalue weighted by atomic mass is 10.0. The molecule has 0 radical (unpaired) electrons. The molecule has 0 aromatic heterocycles. The van der Waals surface area contributed by atoms with Crippen molar-refractivity contribution >= 4 is 11.9 Å². The van der Waals surface area contributed by atoms with Gasteiger partial charge in [-0.2, -0.15) is 0 Å². The molecule has 0 aromatic carbocycles. The summed E-state index contributed by atoms with van der Waals surface area (Å²) in [5.74, 6) is 0.283. The van der Waals surface area contributed by atoms with Crippen LogP contribution in [0.5, 0.6) is 0 Å². The number of aliphatic hydroxyl groups is 1. The highest BCUT2D eigenvalue weighted by Crippen LogP contribution is 2.15. The summed E-state index contributed by atoms with van der Waals surface area (Å²) in [6.07, 6.45) is 34.4. The zero-order valence-electron chi connectivity index (χ0n) is 29.2. The van der Waals surface area contributed by atoms with Crippen molar-refractivity contribution in [3.63, 3.8) is 0 Å². The molecule has 0 aliphatic rings. The van der Waals surface area contributed by atoms with Crippen molar-refractivity contribution in [2.75, 3.05) is 13.2 Å². The van der Waals surface area contributed by atoms with Gasteiger partial charge in [0.2, 0.25) is 0 Å². The molecule has 0 aromatic rings. The molecule has 5 nitrogen and oxygen atoms in total. The summed E-state index contributed by atoms with van der Waals surface area (Å²) in [6.45, 7) is 6.66. The largest absolute Gasteiger partial charge is 0.463 e. The maximum atomic E-state index is 11.9. The zero-order valence-corrected chi connectivity index (χ0v) is 29.2. The van der Waals surface area contributed by atoms with Crippen LogP contribution in [0, 0.1) is 5.92 Å². The van der Waals surface area contributed by atoms with Crippen molar-refractivity contribution < 1.29 is 24.2 Å². The first kappa shape index (κ1) is 41.9. The van der Waals surface area contributed by atoms with Crippen LogP contribution in [0.2, 0.25) is 0 Å². The van der Waals surface area contributed by atoms with Gasteiger partial charge in [-0.25, -0.2) is 0 Å². The first-order valence-electron chi connectivity index (χ1n) is 18.9. The molecule has 256 valence electrons. The molecule has 5 heteroatoms. The van der Waals surface area contributed by atoms with Gasteiger partial charge in [0, 0.05) is 12.8 Å². The van der Waals surface area contributed by atoms with Crippen LogP contribution in [0.4, 0.5) is 0 Å². The summed E-state index contributed by atoms with van der Waals surface area (Å²) < 4.78 is 10.3. The fourth-order valence-electron chi connectivity index (χ4n) is 5.62. The number of esters is 2. The van der Waals surface area contributed by atoms with E-state index in [0.717, 1.165) is 31.6 Å². The maximum absolute atomic E-state index is 11.9. The third-order valence-electron chi connectivity index (χ3n) is 8.52. The molecular weight excluding hydrogens is 536 g/mol. The molecular formula is C38H74O5. The van der Waals surface area contributed by atoms with E-state index >= 15 is 0 Å². The van der Waals surface area contributed by atoms with Gasteiger partial charge >= 0.3 is 11.9 Å². The normalized spacial score (nSPS) is 12.1. The van der Waals surface area contributed by atoms with Crippen LogP contribution >= 0.6 is 0 Å². The maximum Gasteiger partial charge on any atom is 0.305 e. The van der Waals surface area contributed by atoms with E-state index in [9.17, 15) is 14.7 Å². The Balaban J connectivity index is 3.39. The van der Waals surface area contributed by atoms with Gasteiger partial charge in [0.15, 0.2) is 0 Å². The third kappa shape index (κ3) is 35.3. The minimum atomic E-state index is -0.954. The summed E-state index contributed by atoms with van der Waals surface area (Å²) in [7, 11) is 0. The monoisotopic (exact) mass is 611 g/mol. The SMILES string of the molecule is CCCCCCCCCCCCCCCCCC(=O)OC[C@H](O)COC(=O)CCCCCCCCCCCCCC(C)C. The molecule has 0 unspecified atom stereocenters. The van der Waals surface area contributed by atoms with Gasteiger partial charge in [0.05, 0.1) is 0 Å². The second-order valence-corrected chi connectivity index (χ2v) is 13.5. The molecule has 0 heterocycles. The average Bonchev–Trinajstić information content (AvgIpc) is 2.99. The minimum absolute atomic E-state index is 0.108. The molecule has 0 rings (SSSR count). The molecule has 1 N–H and O–H groups in total. The van der Waals surface area contributed by atoms with Crippen molar-refractivity contribution in [3.8, 4) is 0 Å². The van der Waals surface area contributed by atoms with Gasteiger partial charge in [-0.1, -0.05) is 181 Å². The van der Waals surface area contributed by atoms with E-state index in [1.807, 2.05) is 0 Å². The molecule has 0 bridgehead atoms. The molecule has 0 spiro atoms. The second-order valence-electron chi connectivity index (χ2n) is 13.5. The first-order valence-corrected chi connectivity index (χ1v) is 18.9. The van der Waals surface area contributed by atoms with E-state index in [1.165, 1.54) is 148 Å². The molecule has 1 atom stereocenters. The topological polar surface area (TPSA) is 72.8 Å². The van der Waals surface area contributed by atoms with Gasteiger partial charge in [0.1, 0.15) is 19.3 Å². The van der Waals surface area contributed by atoms with Crippen LogP contribution < -0.4 is 0 Å². The number of aliphatic hydroxyl groups excluding tert-OH is 1. The molecule has 0 amide bonds. The Morgan fingerprint density at radius 3 is 1.05 bits per heavy atom. The summed E-state index contributed by atoms with van der Waals surface area (Å²) in [5, 5.41) is 9.99. The third-order valence-corrected chi connectivity index (χ3v) is 8.52.